The smallest absolute Gasteiger partial charge is 0.272 e. The number of imidazole rings is 1. The van der Waals surface area contributed by atoms with Crippen LogP contribution in [0.1, 0.15) is 53.5 Å². The number of aromatic nitrogens is 7. The van der Waals surface area contributed by atoms with E-state index in [1.807, 2.05) is 37.0 Å². The van der Waals surface area contributed by atoms with Crippen molar-refractivity contribution in [3.8, 4) is 11.3 Å². The molecule has 0 atom stereocenters. The number of carbonyl (C=O) groups excluding carboxylic acids is 1. The van der Waals surface area contributed by atoms with Gasteiger partial charge >= 0.3 is 0 Å². The molecule has 0 saturated heterocycles. The molecule has 158 valence electrons. The molecule has 4 heterocycles. The second-order valence-electron chi connectivity index (χ2n) is 8.04. The molecule has 0 spiro atoms. The van der Waals surface area contributed by atoms with Crippen molar-refractivity contribution in [2.45, 2.75) is 38.1 Å². The summed E-state index contributed by atoms with van der Waals surface area (Å²) in [5, 5.41) is 7.17. The summed E-state index contributed by atoms with van der Waals surface area (Å²) in [5.41, 5.74) is 4.31. The normalized spacial score (nSPS) is 14.4. The van der Waals surface area contributed by atoms with Gasteiger partial charge in [-0.05, 0) is 30.5 Å². The first-order valence-electron chi connectivity index (χ1n) is 10.5. The molecule has 0 unspecified atom stereocenters. The molecule has 31 heavy (non-hydrogen) atoms. The van der Waals surface area contributed by atoms with Gasteiger partial charge < -0.3 is 9.88 Å². The topological polar surface area (TPSA) is 103 Å². The lowest BCUT2D eigenvalue weighted by molar-refractivity contribution is 0.0947. The summed E-state index contributed by atoms with van der Waals surface area (Å²) in [6, 6.07) is 3.84. The molecule has 1 amide bonds. The van der Waals surface area contributed by atoms with Crippen molar-refractivity contribution in [2.24, 2.45) is 14.1 Å². The summed E-state index contributed by atoms with van der Waals surface area (Å²) in [5.74, 6) is 1.18. The van der Waals surface area contributed by atoms with Gasteiger partial charge in [0.2, 0.25) is 0 Å². The fourth-order valence-electron chi connectivity index (χ4n) is 4.34. The zero-order valence-electron chi connectivity index (χ0n) is 17.6. The second kappa shape index (κ2) is 7.90. The Morgan fingerprint density at radius 3 is 2.81 bits per heavy atom. The Balaban J connectivity index is 1.37. The number of pyridine rings is 1. The first-order valence-corrected chi connectivity index (χ1v) is 10.5. The van der Waals surface area contributed by atoms with Crippen LogP contribution < -0.4 is 5.32 Å². The van der Waals surface area contributed by atoms with Crippen LogP contribution in [0.3, 0.4) is 0 Å². The van der Waals surface area contributed by atoms with Gasteiger partial charge in [0.05, 0.1) is 11.9 Å². The standard InChI is InChI=1S/C22H24N8O/c1-29-12-16(11-27-29)17-9-14(7-8-23-17)10-24-22(31)18-19-20(26-13-25-18)28-21(30(19)2)15-5-3-4-6-15/h7-9,11-13,15H,3-6,10H2,1-2H3,(H,24,31). The molecule has 1 fully saturated rings. The zero-order valence-corrected chi connectivity index (χ0v) is 17.6. The quantitative estimate of drug-likeness (QED) is 0.537. The lowest BCUT2D eigenvalue weighted by atomic mass is 10.1. The fourth-order valence-corrected chi connectivity index (χ4v) is 4.34. The van der Waals surface area contributed by atoms with E-state index >= 15 is 0 Å². The molecule has 4 aromatic heterocycles. The number of nitrogens with one attached hydrogen (secondary N) is 1. The van der Waals surface area contributed by atoms with E-state index in [1.54, 1.807) is 17.1 Å². The van der Waals surface area contributed by atoms with Crippen LogP contribution in [0.5, 0.6) is 0 Å². The Hall–Kier alpha value is -3.62. The van der Waals surface area contributed by atoms with E-state index in [-0.39, 0.29) is 5.91 Å². The van der Waals surface area contributed by atoms with E-state index < -0.39 is 0 Å². The van der Waals surface area contributed by atoms with Gasteiger partial charge in [-0.3, -0.25) is 14.5 Å². The van der Waals surface area contributed by atoms with Crippen molar-refractivity contribution < 1.29 is 4.79 Å². The molecule has 0 aromatic carbocycles. The third-order valence-corrected chi connectivity index (χ3v) is 5.92. The van der Waals surface area contributed by atoms with Gasteiger partial charge in [-0.25, -0.2) is 15.0 Å². The Bertz CT molecular complexity index is 1250. The molecule has 1 N–H and O–H groups in total. The van der Waals surface area contributed by atoms with Crippen molar-refractivity contribution in [2.75, 3.05) is 0 Å². The van der Waals surface area contributed by atoms with E-state index in [2.05, 4.69) is 25.4 Å². The number of hydrogen-bond donors (Lipinski definition) is 1. The van der Waals surface area contributed by atoms with Crippen molar-refractivity contribution in [1.82, 2.24) is 39.6 Å². The molecule has 1 aliphatic rings. The molecular formula is C22H24N8O. The molecule has 9 heteroatoms. The van der Waals surface area contributed by atoms with Crippen LogP contribution in [-0.2, 0) is 20.6 Å². The Kier molecular flexibility index (Phi) is 4.93. The van der Waals surface area contributed by atoms with E-state index in [1.165, 1.54) is 19.2 Å². The monoisotopic (exact) mass is 416 g/mol. The van der Waals surface area contributed by atoms with E-state index in [9.17, 15) is 4.79 Å². The summed E-state index contributed by atoms with van der Waals surface area (Å²) in [7, 11) is 3.82. The highest BCUT2D eigenvalue weighted by atomic mass is 16.1. The lowest BCUT2D eigenvalue weighted by Crippen LogP contribution is -2.24. The van der Waals surface area contributed by atoms with Crippen LogP contribution in [-0.4, -0.2) is 40.2 Å². The fraction of sp³-hybridized carbons (Fsp3) is 0.364. The zero-order chi connectivity index (χ0) is 21.4. The maximum absolute atomic E-state index is 13.0. The van der Waals surface area contributed by atoms with Crippen molar-refractivity contribution in [3.05, 3.63) is 54.1 Å². The number of rotatable bonds is 5. The molecule has 0 radical (unpaired) electrons. The first-order chi connectivity index (χ1) is 15.1. The Labute approximate surface area is 179 Å². The molecule has 0 aliphatic heterocycles. The second-order valence-corrected chi connectivity index (χ2v) is 8.04. The van der Waals surface area contributed by atoms with E-state index in [0.29, 0.717) is 29.3 Å². The maximum atomic E-state index is 13.0. The lowest BCUT2D eigenvalue weighted by Gasteiger charge is -2.10. The van der Waals surface area contributed by atoms with Crippen LogP contribution in [0.25, 0.3) is 22.4 Å². The van der Waals surface area contributed by atoms with Crippen LogP contribution >= 0.6 is 0 Å². The molecule has 5 rings (SSSR count). The largest absolute Gasteiger partial charge is 0.347 e. The summed E-state index contributed by atoms with van der Waals surface area (Å²) < 4.78 is 3.73. The van der Waals surface area contributed by atoms with Crippen LogP contribution in [0.2, 0.25) is 0 Å². The molecule has 4 aromatic rings. The third-order valence-electron chi connectivity index (χ3n) is 5.92. The number of fused-ring (bicyclic) bond motifs is 1. The average Bonchev–Trinajstić information content (AvgIpc) is 3.53. The van der Waals surface area contributed by atoms with Gasteiger partial charge in [-0.2, -0.15) is 5.10 Å². The van der Waals surface area contributed by atoms with Crippen molar-refractivity contribution in [3.63, 3.8) is 0 Å². The van der Waals surface area contributed by atoms with Gasteiger partial charge in [-0.15, -0.1) is 0 Å². The summed E-state index contributed by atoms with van der Waals surface area (Å²) in [4.78, 5) is 30.7. The SMILES string of the molecule is Cn1cc(-c2cc(CNC(=O)c3ncnc4nc(C5CCCC5)n(C)c34)ccn2)cn1. The van der Waals surface area contributed by atoms with Gasteiger partial charge in [-0.1, -0.05) is 12.8 Å². The van der Waals surface area contributed by atoms with Gasteiger partial charge in [0.1, 0.15) is 17.7 Å². The number of carbonyl (C=O) groups is 1. The summed E-state index contributed by atoms with van der Waals surface area (Å²) in [6.07, 6.45) is 11.5. The number of aryl methyl sites for hydroxylation is 2. The highest BCUT2D eigenvalue weighted by molar-refractivity contribution is 6.02. The molecule has 9 nitrogen and oxygen atoms in total. The number of hydrogen-bond acceptors (Lipinski definition) is 6. The Morgan fingerprint density at radius 1 is 1.19 bits per heavy atom. The number of amides is 1. The highest BCUT2D eigenvalue weighted by Crippen LogP contribution is 2.34. The molecule has 0 bridgehead atoms. The highest BCUT2D eigenvalue weighted by Gasteiger charge is 2.25. The predicted molar refractivity (Wildman–Crippen MR) is 115 cm³/mol. The van der Waals surface area contributed by atoms with Crippen molar-refractivity contribution >= 4 is 17.1 Å². The molecule has 1 aliphatic carbocycles. The first kappa shape index (κ1) is 19.3. The minimum Gasteiger partial charge on any atom is -0.347 e. The predicted octanol–water partition coefficient (Wildman–Crippen LogP) is 2.75. The summed E-state index contributed by atoms with van der Waals surface area (Å²) >= 11 is 0. The van der Waals surface area contributed by atoms with Crippen LogP contribution in [0, 0.1) is 0 Å². The van der Waals surface area contributed by atoms with Crippen LogP contribution in [0.15, 0.2) is 37.1 Å². The van der Waals surface area contributed by atoms with Gasteiger partial charge in [0.25, 0.3) is 5.91 Å². The molecule has 1 saturated carbocycles. The minimum atomic E-state index is -0.242. The minimum absolute atomic E-state index is 0.242. The number of nitrogens with zero attached hydrogens (tertiary/aromatic N) is 7. The van der Waals surface area contributed by atoms with E-state index in [4.69, 9.17) is 4.98 Å². The van der Waals surface area contributed by atoms with Crippen molar-refractivity contribution in [1.29, 1.82) is 0 Å². The van der Waals surface area contributed by atoms with Gasteiger partial charge in [0, 0.05) is 44.5 Å². The average molecular weight is 416 g/mol. The maximum Gasteiger partial charge on any atom is 0.272 e. The van der Waals surface area contributed by atoms with E-state index in [0.717, 1.165) is 35.5 Å². The van der Waals surface area contributed by atoms with Gasteiger partial charge in [0.15, 0.2) is 11.3 Å². The Morgan fingerprint density at radius 2 is 2.03 bits per heavy atom. The third kappa shape index (κ3) is 3.67. The van der Waals surface area contributed by atoms with Crippen LogP contribution in [0.4, 0.5) is 0 Å². The molecular weight excluding hydrogens is 392 g/mol. The summed E-state index contributed by atoms with van der Waals surface area (Å²) in [6.45, 7) is 0.368.